The molecule has 1 aliphatic heterocycles. The number of nitrogens with one attached hydrogen (secondary N) is 1. The van der Waals surface area contributed by atoms with Crippen LogP contribution in [0.2, 0.25) is 0 Å². The standard InChI is InChI=1S/C18H16N2O3/c1-12-10-15(23-2)9-8-13(12)11-16-17(21)20(18(22)19-16)14-6-4-3-5-7-14/h3-11H,1-2H3,(H,19,22)/b16-11-. The first kappa shape index (κ1) is 14.8. The molecule has 0 bridgehead atoms. The van der Waals surface area contributed by atoms with Crippen molar-refractivity contribution in [1.29, 1.82) is 0 Å². The molecule has 1 fully saturated rings. The highest BCUT2D eigenvalue weighted by molar-refractivity contribution is 6.28. The molecule has 2 aromatic carbocycles. The van der Waals surface area contributed by atoms with Gasteiger partial charge in [0.2, 0.25) is 0 Å². The molecule has 3 amide bonds. The third-order valence-corrected chi connectivity index (χ3v) is 3.67. The van der Waals surface area contributed by atoms with E-state index in [-0.39, 0.29) is 11.6 Å². The van der Waals surface area contributed by atoms with Gasteiger partial charge in [-0.1, -0.05) is 24.3 Å². The molecule has 0 aliphatic carbocycles. The molecule has 1 heterocycles. The fourth-order valence-electron chi connectivity index (χ4n) is 2.44. The van der Waals surface area contributed by atoms with Crippen LogP contribution in [-0.4, -0.2) is 19.0 Å². The van der Waals surface area contributed by atoms with Crippen molar-refractivity contribution in [1.82, 2.24) is 5.32 Å². The van der Waals surface area contributed by atoms with Gasteiger partial charge in [-0.05, 0) is 48.4 Å². The molecule has 1 N–H and O–H groups in total. The number of carbonyl (C=O) groups is 2. The maximum atomic E-state index is 12.5. The molecule has 0 saturated carbocycles. The molecular weight excluding hydrogens is 292 g/mol. The smallest absolute Gasteiger partial charge is 0.333 e. The summed E-state index contributed by atoms with van der Waals surface area (Å²) in [5.74, 6) is 0.383. The van der Waals surface area contributed by atoms with Crippen LogP contribution >= 0.6 is 0 Å². The van der Waals surface area contributed by atoms with Crippen molar-refractivity contribution in [2.45, 2.75) is 6.92 Å². The van der Waals surface area contributed by atoms with E-state index < -0.39 is 6.03 Å². The zero-order valence-corrected chi connectivity index (χ0v) is 12.9. The average Bonchev–Trinajstić information content (AvgIpc) is 2.84. The van der Waals surface area contributed by atoms with Crippen molar-refractivity contribution in [3.05, 3.63) is 65.4 Å². The molecule has 5 nitrogen and oxygen atoms in total. The van der Waals surface area contributed by atoms with E-state index in [4.69, 9.17) is 4.74 Å². The van der Waals surface area contributed by atoms with E-state index in [1.165, 1.54) is 0 Å². The first-order valence-corrected chi connectivity index (χ1v) is 7.17. The van der Waals surface area contributed by atoms with Crippen molar-refractivity contribution < 1.29 is 14.3 Å². The molecule has 0 aromatic heterocycles. The van der Waals surface area contributed by atoms with Crippen molar-refractivity contribution in [3.8, 4) is 5.75 Å². The van der Waals surface area contributed by atoms with Crippen molar-refractivity contribution in [2.75, 3.05) is 12.0 Å². The Hall–Kier alpha value is -3.08. The topological polar surface area (TPSA) is 58.6 Å². The number of benzene rings is 2. The van der Waals surface area contributed by atoms with E-state index in [0.717, 1.165) is 21.8 Å². The van der Waals surface area contributed by atoms with Gasteiger partial charge in [0, 0.05) is 0 Å². The zero-order valence-electron chi connectivity index (χ0n) is 12.9. The number of anilines is 1. The molecule has 0 atom stereocenters. The molecule has 1 saturated heterocycles. The molecule has 23 heavy (non-hydrogen) atoms. The average molecular weight is 308 g/mol. The number of para-hydroxylation sites is 1. The first-order valence-electron chi connectivity index (χ1n) is 7.17. The van der Waals surface area contributed by atoms with Crippen molar-refractivity contribution in [2.24, 2.45) is 0 Å². The monoisotopic (exact) mass is 308 g/mol. The largest absolute Gasteiger partial charge is 0.497 e. The lowest BCUT2D eigenvalue weighted by Gasteiger charge is -2.11. The molecule has 0 spiro atoms. The fourth-order valence-corrected chi connectivity index (χ4v) is 2.44. The molecule has 0 unspecified atom stereocenters. The van der Waals surface area contributed by atoms with Crippen LogP contribution in [0, 0.1) is 6.92 Å². The summed E-state index contributed by atoms with van der Waals surface area (Å²) in [7, 11) is 1.60. The van der Waals surface area contributed by atoms with Crippen LogP contribution in [0.5, 0.6) is 5.75 Å². The third-order valence-electron chi connectivity index (χ3n) is 3.67. The van der Waals surface area contributed by atoms with Crippen LogP contribution in [0.4, 0.5) is 10.5 Å². The zero-order chi connectivity index (χ0) is 16.4. The van der Waals surface area contributed by atoms with Crippen LogP contribution in [0.15, 0.2) is 54.2 Å². The molecule has 2 aromatic rings. The number of rotatable bonds is 3. The van der Waals surface area contributed by atoms with Gasteiger partial charge < -0.3 is 10.1 Å². The Labute approximate surface area is 134 Å². The maximum Gasteiger partial charge on any atom is 0.333 e. The van der Waals surface area contributed by atoms with E-state index in [1.54, 1.807) is 37.5 Å². The third kappa shape index (κ3) is 2.81. The van der Waals surface area contributed by atoms with Gasteiger partial charge in [-0.2, -0.15) is 0 Å². The number of carbonyl (C=O) groups excluding carboxylic acids is 2. The van der Waals surface area contributed by atoms with Crippen LogP contribution in [0.25, 0.3) is 6.08 Å². The first-order chi connectivity index (χ1) is 11.1. The summed E-state index contributed by atoms with van der Waals surface area (Å²) in [5.41, 5.74) is 2.61. The number of methoxy groups -OCH3 is 1. The summed E-state index contributed by atoms with van der Waals surface area (Å²) in [5, 5.41) is 2.62. The van der Waals surface area contributed by atoms with E-state index in [2.05, 4.69) is 5.32 Å². The van der Waals surface area contributed by atoms with Gasteiger partial charge in [0.05, 0.1) is 12.8 Å². The predicted molar refractivity (Wildman–Crippen MR) is 88.2 cm³/mol. The van der Waals surface area contributed by atoms with E-state index in [9.17, 15) is 9.59 Å². The molecule has 0 radical (unpaired) electrons. The predicted octanol–water partition coefficient (Wildman–Crippen LogP) is 3.10. The lowest BCUT2D eigenvalue weighted by atomic mass is 10.1. The lowest BCUT2D eigenvalue weighted by Crippen LogP contribution is -2.30. The SMILES string of the molecule is COc1ccc(/C=C2\NC(=O)N(c3ccccc3)C2=O)c(C)c1. The van der Waals surface area contributed by atoms with Gasteiger partial charge in [0.1, 0.15) is 11.4 Å². The summed E-state index contributed by atoms with van der Waals surface area (Å²) in [4.78, 5) is 25.7. The second-order valence-electron chi connectivity index (χ2n) is 5.19. The van der Waals surface area contributed by atoms with Gasteiger partial charge >= 0.3 is 6.03 Å². The summed E-state index contributed by atoms with van der Waals surface area (Å²) in [6, 6.07) is 13.9. The Balaban J connectivity index is 1.93. The maximum absolute atomic E-state index is 12.5. The van der Waals surface area contributed by atoms with Gasteiger partial charge in [-0.25, -0.2) is 9.69 Å². The number of nitrogens with zero attached hydrogens (tertiary/aromatic N) is 1. The van der Waals surface area contributed by atoms with Crippen LogP contribution in [0.1, 0.15) is 11.1 Å². The van der Waals surface area contributed by atoms with E-state index >= 15 is 0 Å². The lowest BCUT2D eigenvalue weighted by molar-refractivity contribution is -0.113. The second-order valence-corrected chi connectivity index (χ2v) is 5.19. The minimum atomic E-state index is -0.446. The Kier molecular flexibility index (Phi) is 3.85. The molecule has 1 aliphatic rings. The van der Waals surface area contributed by atoms with Gasteiger partial charge in [0.15, 0.2) is 0 Å². The summed E-state index contributed by atoms with van der Waals surface area (Å²) < 4.78 is 5.17. The number of urea groups is 1. The van der Waals surface area contributed by atoms with Crippen LogP contribution in [0.3, 0.4) is 0 Å². The molecule has 116 valence electrons. The molecule has 3 rings (SSSR count). The van der Waals surface area contributed by atoms with Crippen LogP contribution < -0.4 is 15.0 Å². The minimum absolute atomic E-state index is 0.257. The highest BCUT2D eigenvalue weighted by Crippen LogP contribution is 2.24. The number of hydrogen-bond donors (Lipinski definition) is 1. The van der Waals surface area contributed by atoms with Gasteiger partial charge in [-0.3, -0.25) is 4.79 Å². The number of hydrogen-bond acceptors (Lipinski definition) is 3. The fraction of sp³-hybridized carbons (Fsp3) is 0.111. The second kappa shape index (κ2) is 5.96. The highest BCUT2D eigenvalue weighted by Gasteiger charge is 2.34. The minimum Gasteiger partial charge on any atom is -0.497 e. The van der Waals surface area contributed by atoms with Crippen LogP contribution in [-0.2, 0) is 4.79 Å². The Morgan fingerprint density at radius 3 is 2.48 bits per heavy atom. The number of ether oxygens (including phenoxy) is 1. The Bertz CT molecular complexity index is 797. The van der Waals surface area contributed by atoms with Crippen molar-refractivity contribution in [3.63, 3.8) is 0 Å². The quantitative estimate of drug-likeness (QED) is 0.700. The Morgan fingerprint density at radius 1 is 1.09 bits per heavy atom. The normalized spacial score (nSPS) is 15.9. The van der Waals surface area contributed by atoms with Gasteiger partial charge in [-0.15, -0.1) is 0 Å². The summed E-state index contributed by atoms with van der Waals surface area (Å²) >= 11 is 0. The van der Waals surface area contributed by atoms with Gasteiger partial charge in [0.25, 0.3) is 5.91 Å². The van der Waals surface area contributed by atoms with Crippen molar-refractivity contribution >= 4 is 23.7 Å². The van der Waals surface area contributed by atoms with E-state index in [0.29, 0.717) is 5.69 Å². The summed E-state index contributed by atoms with van der Waals surface area (Å²) in [6.45, 7) is 1.92. The molecule has 5 heteroatoms. The number of amides is 3. The highest BCUT2D eigenvalue weighted by atomic mass is 16.5. The summed E-state index contributed by atoms with van der Waals surface area (Å²) in [6.07, 6.45) is 1.68. The number of imide groups is 1. The number of aryl methyl sites for hydroxylation is 1. The Morgan fingerprint density at radius 2 is 1.83 bits per heavy atom. The molecular formula is C18H16N2O3. The van der Waals surface area contributed by atoms with E-state index in [1.807, 2.05) is 31.2 Å².